The zero-order chi connectivity index (χ0) is 21.2. The molecule has 0 saturated carbocycles. The molecule has 0 saturated heterocycles. The third kappa shape index (κ3) is 4.78. The summed E-state index contributed by atoms with van der Waals surface area (Å²) in [7, 11) is 0. The van der Waals surface area contributed by atoms with Crippen molar-refractivity contribution in [3.8, 4) is 0 Å². The fourth-order valence-electron chi connectivity index (χ4n) is 3.15. The Labute approximate surface area is 171 Å². The summed E-state index contributed by atoms with van der Waals surface area (Å²) in [5.41, 5.74) is 5.96. The van der Waals surface area contributed by atoms with Crippen LogP contribution in [0.3, 0.4) is 0 Å². The molecule has 1 amide bonds. The number of carbonyl (C=O) groups excluding carboxylic acids is 1. The Kier molecular flexibility index (Phi) is 5.96. The summed E-state index contributed by atoms with van der Waals surface area (Å²) in [4.78, 5) is 12.5. The number of thiocarbonyl (C=S) groups is 1. The molecule has 29 heavy (non-hydrogen) atoms. The van der Waals surface area contributed by atoms with Gasteiger partial charge >= 0.3 is 6.18 Å². The fraction of sp³-hybridized carbons (Fsp3) is 0.389. The van der Waals surface area contributed by atoms with Crippen LogP contribution in [0.4, 0.5) is 19.0 Å². The minimum atomic E-state index is -4.46. The van der Waals surface area contributed by atoms with Gasteiger partial charge in [0.1, 0.15) is 11.4 Å². The van der Waals surface area contributed by atoms with Gasteiger partial charge < -0.3 is 10.6 Å². The first-order valence-corrected chi connectivity index (χ1v) is 9.40. The Morgan fingerprint density at radius 3 is 2.66 bits per heavy atom. The lowest BCUT2D eigenvalue weighted by Gasteiger charge is -2.32. The lowest BCUT2D eigenvalue weighted by atomic mass is 10.1. The van der Waals surface area contributed by atoms with Crippen LogP contribution in [-0.2, 0) is 0 Å². The largest absolute Gasteiger partial charge is 0.410 e. The Morgan fingerprint density at radius 1 is 1.31 bits per heavy atom. The standard InChI is InChI=1S/C18H21F3N6OS/c1-10-8-14(18(19,20)21)27-15(23-10)13(9-22-27)16(28)25-26-17(29)24-11(2)12-6-4-3-5-7-12/h3-7,9-11,14,23H,8H2,1-2H3,(H,25,28)(H2,24,26,29)/t10-,11+,14-/m1/s1. The molecule has 4 N–H and O–H groups in total. The molecule has 11 heteroatoms. The van der Waals surface area contributed by atoms with Crippen LogP contribution in [0.2, 0.25) is 0 Å². The van der Waals surface area contributed by atoms with Crippen molar-refractivity contribution in [3.05, 3.63) is 47.7 Å². The van der Waals surface area contributed by atoms with E-state index in [1.807, 2.05) is 37.3 Å². The first-order chi connectivity index (χ1) is 13.7. The zero-order valence-electron chi connectivity index (χ0n) is 15.7. The third-order valence-corrected chi connectivity index (χ3v) is 4.83. The van der Waals surface area contributed by atoms with Crippen molar-refractivity contribution in [2.75, 3.05) is 5.32 Å². The van der Waals surface area contributed by atoms with E-state index >= 15 is 0 Å². The maximum Gasteiger partial charge on any atom is 0.410 e. The Bertz CT molecular complexity index is 885. The molecule has 0 aliphatic carbocycles. The van der Waals surface area contributed by atoms with Crippen LogP contribution >= 0.6 is 12.2 Å². The third-order valence-electron chi connectivity index (χ3n) is 4.61. The molecule has 3 rings (SSSR count). The van der Waals surface area contributed by atoms with Gasteiger partial charge in [0.2, 0.25) is 0 Å². The smallest absolute Gasteiger partial charge is 0.367 e. The number of anilines is 1. The van der Waals surface area contributed by atoms with Crippen LogP contribution in [-0.4, -0.2) is 33.0 Å². The van der Waals surface area contributed by atoms with Gasteiger partial charge in [0.25, 0.3) is 5.91 Å². The van der Waals surface area contributed by atoms with Crippen molar-refractivity contribution >= 4 is 29.1 Å². The van der Waals surface area contributed by atoms with Gasteiger partial charge in [0.05, 0.1) is 12.2 Å². The molecular formula is C18H21F3N6OS. The molecule has 0 radical (unpaired) electrons. The highest BCUT2D eigenvalue weighted by molar-refractivity contribution is 7.80. The van der Waals surface area contributed by atoms with Crippen molar-refractivity contribution in [2.45, 2.75) is 44.6 Å². The van der Waals surface area contributed by atoms with Crippen molar-refractivity contribution in [1.82, 2.24) is 25.9 Å². The summed E-state index contributed by atoms with van der Waals surface area (Å²) in [5, 5.41) is 9.85. The molecule has 0 bridgehead atoms. The van der Waals surface area contributed by atoms with E-state index in [2.05, 4.69) is 26.6 Å². The molecule has 1 aromatic carbocycles. The summed E-state index contributed by atoms with van der Waals surface area (Å²) < 4.78 is 40.7. The molecule has 1 aromatic heterocycles. The van der Waals surface area contributed by atoms with E-state index in [0.717, 1.165) is 16.4 Å². The second kappa shape index (κ2) is 8.27. The maximum atomic E-state index is 13.3. The van der Waals surface area contributed by atoms with E-state index in [1.54, 1.807) is 6.92 Å². The number of hydrogen-bond acceptors (Lipinski definition) is 4. The Balaban J connectivity index is 1.63. The first-order valence-electron chi connectivity index (χ1n) is 8.99. The minimum Gasteiger partial charge on any atom is -0.367 e. The SMILES string of the molecule is C[C@@H]1C[C@H](C(F)(F)F)n2ncc(C(=O)NNC(=S)N[C@@H](C)c3ccccc3)c2N1. The van der Waals surface area contributed by atoms with E-state index in [9.17, 15) is 18.0 Å². The molecule has 0 fully saturated rings. The number of alkyl halides is 3. The van der Waals surface area contributed by atoms with Crippen LogP contribution in [0.5, 0.6) is 0 Å². The van der Waals surface area contributed by atoms with Crippen molar-refractivity contribution in [2.24, 2.45) is 0 Å². The number of hydrogen-bond donors (Lipinski definition) is 4. The lowest BCUT2D eigenvalue weighted by molar-refractivity contribution is -0.173. The number of rotatable bonds is 3. The van der Waals surface area contributed by atoms with Crippen molar-refractivity contribution in [3.63, 3.8) is 0 Å². The number of carbonyl (C=O) groups is 1. The topological polar surface area (TPSA) is 83.0 Å². The quantitative estimate of drug-likeness (QED) is 0.446. The molecule has 1 aliphatic rings. The number of aromatic nitrogens is 2. The van der Waals surface area contributed by atoms with Crippen LogP contribution in [0.15, 0.2) is 36.5 Å². The predicted molar refractivity (Wildman–Crippen MR) is 106 cm³/mol. The average Bonchev–Trinajstić information content (AvgIpc) is 3.09. The highest BCUT2D eigenvalue weighted by Gasteiger charge is 2.46. The second-order valence-corrected chi connectivity index (χ2v) is 7.28. The Hall–Kier alpha value is -2.82. The number of fused-ring (bicyclic) bond motifs is 1. The molecule has 0 unspecified atom stereocenters. The highest BCUT2D eigenvalue weighted by atomic mass is 32.1. The predicted octanol–water partition coefficient (Wildman–Crippen LogP) is 3.06. The summed E-state index contributed by atoms with van der Waals surface area (Å²) in [5.74, 6) is -0.618. The van der Waals surface area contributed by atoms with Crippen LogP contribution in [0.1, 0.15) is 48.3 Å². The van der Waals surface area contributed by atoms with Crippen LogP contribution in [0, 0.1) is 0 Å². The van der Waals surface area contributed by atoms with E-state index in [1.165, 1.54) is 0 Å². The van der Waals surface area contributed by atoms with Gasteiger partial charge in [-0.05, 0) is 38.0 Å². The van der Waals surface area contributed by atoms with E-state index in [0.29, 0.717) is 0 Å². The molecule has 2 heterocycles. The van der Waals surface area contributed by atoms with Gasteiger partial charge in [-0.3, -0.25) is 15.6 Å². The Morgan fingerprint density at radius 2 is 2.00 bits per heavy atom. The molecule has 2 aromatic rings. The van der Waals surface area contributed by atoms with E-state index in [-0.39, 0.29) is 29.0 Å². The van der Waals surface area contributed by atoms with Gasteiger partial charge in [-0.1, -0.05) is 30.3 Å². The first kappa shape index (κ1) is 20.9. The van der Waals surface area contributed by atoms with Crippen molar-refractivity contribution < 1.29 is 18.0 Å². The molecule has 1 aliphatic heterocycles. The summed E-state index contributed by atoms with van der Waals surface area (Å²) in [6.07, 6.45) is -3.51. The molecule has 7 nitrogen and oxygen atoms in total. The second-order valence-electron chi connectivity index (χ2n) is 6.87. The molecule has 3 atom stereocenters. The summed E-state index contributed by atoms with van der Waals surface area (Å²) in [6, 6.07) is 7.22. The lowest BCUT2D eigenvalue weighted by Crippen LogP contribution is -2.47. The molecular weight excluding hydrogens is 405 g/mol. The van der Waals surface area contributed by atoms with Gasteiger partial charge in [0, 0.05) is 6.04 Å². The summed E-state index contributed by atoms with van der Waals surface area (Å²) in [6.45, 7) is 3.53. The van der Waals surface area contributed by atoms with Gasteiger partial charge in [-0.25, -0.2) is 4.68 Å². The minimum absolute atomic E-state index is 0.00259. The average molecular weight is 426 g/mol. The number of nitrogens with one attached hydrogen (secondary N) is 4. The van der Waals surface area contributed by atoms with Gasteiger partial charge in [-0.15, -0.1) is 0 Å². The van der Waals surface area contributed by atoms with Crippen LogP contribution in [0.25, 0.3) is 0 Å². The number of hydrazine groups is 1. The van der Waals surface area contributed by atoms with Gasteiger partial charge in [0.15, 0.2) is 11.2 Å². The van der Waals surface area contributed by atoms with Gasteiger partial charge in [-0.2, -0.15) is 18.3 Å². The zero-order valence-corrected chi connectivity index (χ0v) is 16.6. The normalized spacial score (nSPS) is 19.5. The molecule has 0 spiro atoms. The van der Waals surface area contributed by atoms with E-state index < -0.39 is 24.2 Å². The number of halogens is 3. The number of benzene rings is 1. The van der Waals surface area contributed by atoms with Crippen LogP contribution < -0.4 is 21.5 Å². The summed E-state index contributed by atoms with van der Waals surface area (Å²) >= 11 is 5.16. The highest BCUT2D eigenvalue weighted by Crippen LogP contribution is 2.39. The van der Waals surface area contributed by atoms with E-state index in [4.69, 9.17) is 12.2 Å². The van der Waals surface area contributed by atoms with Crippen molar-refractivity contribution in [1.29, 1.82) is 0 Å². The molecule has 156 valence electrons. The maximum absolute atomic E-state index is 13.3. The monoisotopic (exact) mass is 426 g/mol. The fourth-order valence-corrected chi connectivity index (χ4v) is 3.37. The number of amides is 1. The number of nitrogens with zero attached hydrogens (tertiary/aromatic N) is 2.